The first-order chi connectivity index (χ1) is 16.6. The molecule has 0 saturated heterocycles. The number of hydrogen-bond donors (Lipinski definition) is 3. The largest absolute Gasteiger partial charge is 0.397 e. The third-order valence-electron chi connectivity index (χ3n) is 6.23. The van der Waals surface area contributed by atoms with E-state index in [-0.39, 0.29) is 18.0 Å². The average molecular weight is 451 g/mol. The Morgan fingerprint density at radius 1 is 1.09 bits per heavy atom. The van der Waals surface area contributed by atoms with Gasteiger partial charge in [-0.15, -0.1) is 0 Å². The van der Waals surface area contributed by atoms with Crippen LogP contribution < -0.4 is 16.4 Å². The summed E-state index contributed by atoms with van der Waals surface area (Å²) in [6.07, 6.45) is 7.08. The van der Waals surface area contributed by atoms with Gasteiger partial charge >= 0.3 is 0 Å². The number of aromatic nitrogens is 3. The normalized spacial score (nSPS) is 17.7. The Hall–Kier alpha value is -4.18. The van der Waals surface area contributed by atoms with Gasteiger partial charge in [-0.2, -0.15) is 0 Å². The molecule has 1 saturated carbocycles. The molecule has 1 aliphatic carbocycles. The molecule has 0 aliphatic heterocycles. The molecular formula is C27H26N6O. The topological polar surface area (TPSA) is 106 Å². The Balaban J connectivity index is 1.31. The van der Waals surface area contributed by atoms with Gasteiger partial charge in [0.2, 0.25) is 5.95 Å². The minimum Gasteiger partial charge on any atom is -0.397 e. The number of nitrogen functional groups attached to an aromatic ring is 1. The zero-order valence-corrected chi connectivity index (χ0v) is 19.0. The molecule has 4 N–H and O–H groups in total. The highest BCUT2D eigenvalue weighted by atomic mass is 16.1. The van der Waals surface area contributed by atoms with Crippen molar-refractivity contribution < 1.29 is 4.79 Å². The molecule has 1 aliphatic rings. The number of fused-ring (bicyclic) bond motifs is 1. The molecule has 7 nitrogen and oxygen atoms in total. The summed E-state index contributed by atoms with van der Waals surface area (Å²) < 4.78 is 0. The Morgan fingerprint density at radius 2 is 1.94 bits per heavy atom. The second-order valence-electron chi connectivity index (χ2n) is 8.75. The van der Waals surface area contributed by atoms with Crippen LogP contribution in [0.25, 0.3) is 22.0 Å². The number of nitrogens with two attached hydrogens (primary N) is 1. The zero-order valence-electron chi connectivity index (χ0n) is 19.0. The van der Waals surface area contributed by atoms with E-state index in [1.165, 1.54) is 6.20 Å². The van der Waals surface area contributed by atoms with Crippen molar-refractivity contribution in [1.82, 2.24) is 20.3 Å². The maximum atomic E-state index is 12.6. The third-order valence-corrected chi connectivity index (χ3v) is 6.23. The molecule has 170 valence electrons. The molecule has 1 amide bonds. The highest BCUT2D eigenvalue weighted by molar-refractivity contribution is 5.95. The van der Waals surface area contributed by atoms with Crippen molar-refractivity contribution in [3.05, 3.63) is 78.2 Å². The van der Waals surface area contributed by atoms with Crippen molar-refractivity contribution in [1.29, 1.82) is 0 Å². The van der Waals surface area contributed by atoms with Crippen LogP contribution in [0.1, 0.15) is 41.7 Å². The Kier molecular flexibility index (Phi) is 5.96. The van der Waals surface area contributed by atoms with E-state index >= 15 is 0 Å². The molecular weight excluding hydrogens is 424 g/mol. The van der Waals surface area contributed by atoms with Crippen LogP contribution in [0.2, 0.25) is 0 Å². The summed E-state index contributed by atoms with van der Waals surface area (Å²) in [5, 5.41) is 8.70. The van der Waals surface area contributed by atoms with Gasteiger partial charge in [0.15, 0.2) is 0 Å². The molecule has 2 atom stereocenters. The lowest BCUT2D eigenvalue weighted by Gasteiger charge is -2.30. The monoisotopic (exact) mass is 450 g/mol. The Bertz CT molecular complexity index is 1320. The van der Waals surface area contributed by atoms with Crippen LogP contribution >= 0.6 is 0 Å². The molecule has 0 radical (unpaired) electrons. The lowest BCUT2D eigenvalue weighted by atomic mass is 9.91. The number of amides is 1. The van der Waals surface area contributed by atoms with E-state index in [4.69, 9.17) is 10.7 Å². The van der Waals surface area contributed by atoms with Crippen molar-refractivity contribution in [3.63, 3.8) is 0 Å². The predicted octanol–water partition coefficient (Wildman–Crippen LogP) is 4.34. The van der Waals surface area contributed by atoms with Gasteiger partial charge in [-0.1, -0.05) is 30.3 Å². The van der Waals surface area contributed by atoms with E-state index in [0.29, 0.717) is 17.3 Å². The fourth-order valence-corrected chi connectivity index (χ4v) is 4.50. The number of anilines is 2. The lowest BCUT2D eigenvalue weighted by molar-refractivity contribution is 0.0921. The summed E-state index contributed by atoms with van der Waals surface area (Å²) in [7, 11) is 0. The number of nitrogens with zero attached hydrogens (tertiary/aromatic N) is 3. The van der Waals surface area contributed by atoms with Crippen molar-refractivity contribution in [2.75, 3.05) is 11.1 Å². The smallest absolute Gasteiger partial charge is 0.270 e. The molecule has 34 heavy (non-hydrogen) atoms. The minimum atomic E-state index is -0.177. The molecule has 0 bridgehead atoms. The van der Waals surface area contributed by atoms with E-state index < -0.39 is 0 Å². The number of nitrogens with one attached hydrogen (secondary N) is 2. The summed E-state index contributed by atoms with van der Waals surface area (Å²) >= 11 is 0. The van der Waals surface area contributed by atoms with Gasteiger partial charge < -0.3 is 16.4 Å². The van der Waals surface area contributed by atoms with Gasteiger partial charge in [0.05, 0.1) is 17.6 Å². The third kappa shape index (κ3) is 4.62. The number of pyridine rings is 1. The minimum absolute atomic E-state index is 0.0613. The average Bonchev–Trinajstić information content (AvgIpc) is 2.85. The van der Waals surface area contributed by atoms with Gasteiger partial charge in [0, 0.05) is 34.6 Å². The Labute approximate surface area is 198 Å². The highest BCUT2D eigenvalue weighted by Gasteiger charge is 2.25. The standard InChI is InChI=1S/C27H26N6O/c1-17-15-30-27(33-25(17)23-11-4-7-18-6-2-3-10-22(18)23)32-21-9-5-8-20(14-21)31-26(34)24-13-12-19(28)16-29-24/h2-3,6,10-13,15-16,20-21H,5,8-9,14,28H2,1H3,(H,31,34)(H,30,32,33)/t20-,21+/m0/s1. The SMILES string of the molecule is Cc1cnc(N[C@@H]2CCC[C@H](NC(=O)c3ccc(N)cn3)C2)nc1-c1cc#cc2ccccc12. The van der Waals surface area contributed by atoms with Crippen molar-refractivity contribution in [2.45, 2.75) is 44.7 Å². The molecule has 0 spiro atoms. The number of rotatable bonds is 5. The van der Waals surface area contributed by atoms with Gasteiger partial charge in [0.25, 0.3) is 5.91 Å². The van der Waals surface area contributed by atoms with Crippen molar-refractivity contribution in [3.8, 4) is 11.3 Å². The van der Waals surface area contributed by atoms with E-state index in [1.54, 1.807) is 12.1 Å². The summed E-state index contributed by atoms with van der Waals surface area (Å²) in [5.74, 6) is 0.415. The second-order valence-corrected chi connectivity index (χ2v) is 8.75. The fraction of sp³-hybridized carbons (Fsp3) is 0.259. The first-order valence-corrected chi connectivity index (χ1v) is 11.5. The second kappa shape index (κ2) is 9.36. The van der Waals surface area contributed by atoms with Crippen molar-refractivity contribution in [2.24, 2.45) is 0 Å². The van der Waals surface area contributed by atoms with E-state index in [1.807, 2.05) is 37.4 Å². The van der Waals surface area contributed by atoms with Crippen LogP contribution in [0.3, 0.4) is 0 Å². The molecule has 2 aromatic heterocycles. The van der Waals surface area contributed by atoms with Crippen LogP contribution in [0.5, 0.6) is 0 Å². The lowest BCUT2D eigenvalue weighted by Crippen LogP contribution is -2.42. The number of carbonyl (C=O) groups is 1. The fourth-order valence-electron chi connectivity index (χ4n) is 4.50. The van der Waals surface area contributed by atoms with E-state index in [9.17, 15) is 4.79 Å². The zero-order chi connectivity index (χ0) is 23.5. The van der Waals surface area contributed by atoms with Crippen molar-refractivity contribution >= 4 is 28.3 Å². The highest BCUT2D eigenvalue weighted by Crippen LogP contribution is 2.29. The van der Waals surface area contributed by atoms with Crippen LogP contribution in [0.15, 0.2) is 54.9 Å². The maximum Gasteiger partial charge on any atom is 0.270 e. The molecule has 1 fully saturated rings. The number of hydrogen-bond acceptors (Lipinski definition) is 6. The summed E-state index contributed by atoms with van der Waals surface area (Å²) in [6.45, 7) is 2.02. The van der Waals surface area contributed by atoms with Gasteiger partial charge in [-0.25, -0.2) is 15.0 Å². The van der Waals surface area contributed by atoms with Gasteiger partial charge in [-0.3, -0.25) is 4.79 Å². The van der Waals surface area contributed by atoms with Crippen LogP contribution in [0.4, 0.5) is 11.6 Å². The Morgan fingerprint density at radius 3 is 2.79 bits per heavy atom. The molecule has 7 heteroatoms. The summed E-state index contributed by atoms with van der Waals surface area (Å²) in [5.41, 5.74) is 9.48. The first kappa shape index (κ1) is 21.7. The van der Waals surface area contributed by atoms with Crippen LogP contribution in [0, 0.1) is 19.1 Å². The van der Waals surface area contributed by atoms with Crippen LogP contribution in [-0.4, -0.2) is 32.9 Å². The molecule has 4 aromatic rings. The molecule has 2 aromatic carbocycles. The summed E-state index contributed by atoms with van der Waals surface area (Å²) in [4.78, 5) is 26.1. The van der Waals surface area contributed by atoms with Crippen LogP contribution in [-0.2, 0) is 0 Å². The number of aryl methyl sites for hydroxylation is 1. The van der Waals surface area contributed by atoms with Gasteiger partial charge in [-0.05, 0) is 62.4 Å². The molecule has 2 heterocycles. The molecule has 5 rings (SSSR count). The quantitative estimate of drug-likeness (QED) is 0.418. The number of benzene rings is 1. The summed E-state index contributed by atoms with van der Waals surface area (Å²) in [6, 6.07) is 19.9. The predicted molar refractivity (Wildman–Crippen MR) is 133 cm³/mol. The molecule has 0 unspecified atom stereocenters. The first-order valence-electron chi connectivity index (χ1n) is 11.5. The van der Waals surface area contributed by atoms with E-state index in [0.717, 1.165) is 53.3 Å². The number of carbonyl (C=O) groups excluding carboxylic acids is 1. The maximum absolute atomic E-state index is 12.6. The van der Waals surface area contributed by atoms with Gasteiger partial charge in [0.1, 0.15) is 5.69 Å². The van der Waals surface area contributed by atoms with E-state index in [2.05, 4.69) is 38.8 Å².